The van der Waals surface area contributed by atoms with Crippen LogP contribution < -0.4 is 5.32 Å². The Bertz CT molecular complexity index is 404. The Labute approximate surface area is 91.8 Å². The zero-order valence-electron chi connectivity index (χ0n) is 8.64. The number of aromatic hydroxyl groups is 2. The van der Waals surface area contributed by atoms with Crippen LogP contribution >= 0.6 is 0 Å². The van der Waals surface area contributed by atoms with Crippen LogP contribution in [0.25, 0.3) is 0 Å². The van der Waals surface area contributed by atoms with E-state index >= 15 is 0 Å². The summed E-state index contributed by atoms with van der Waals surface area (Å²) in [6.07, 6.45) is -1.04. The SMILES string of the molecule is CNCC(O)c1cc(C(=O)O)c(O)cc1O. The lowest BCUT2D eigenvalue weighted by Gasteiger charge is -2.13. The molecule has 0 radical (unpaired) electrons. The molecule has 0 spiro atoms. The van der Waals surface area contributed by atoms with Crippen molar-refractivity contribution in [3.63, 3.8) is 0 Å². The van der Waals surface area contributed by atoms with Gasteiger partial charge in [-0.25, -0.2) is 4.79 Å². The summed E-state index contributed by atoms with van der Waals surface area (Å²) in [4.78, 5) is 10.7. The molecule has 0 aliphatic heterocycles. The minimum absolute atomic E-state index is 0.0598. The fourth-order valence-corrected chi connectivity index (χ4v) is 1.34. The third-order valence-electron chi connectivity index (χ3n) is 2.13. The number of phenols is 2. The Morgan fingerprint density at radius 3 is 2.50 bits per heavy atom. The molecule has 0 aliphatic rings. The molecule has 0 amide bonds. The van der Waals surface area contributed by atoms with Gasteiger partial charge < -0.3 is 25.7 Å². The molecule has 0 aliphatic carbocycles. The largest absolute Gasteiger partial charge is 0.507 e. The van der Waals surface area contributed by atoms with E-state index in [-0.39, 0.29) is 23.4 Å². The molecular formula is C10H13NO5. The molecule has 0 fully saturated rings. The summed E-state index contributed by atoms with van der Waals surface area (Å²) in [7, 11) is 1.61. The Morgan fingerprint density at radius 2 is 2.00 bits per heavy atom. The molecule has 5 N–H and O–H groups in total. The molecule has 1 aromatic rings. The first kappa shape index (κ1) is 12.3. The van der Waals surface area contributed by atoms with E-state index in [0.717, 1.165) is 12.1 Å². The molecule has 0 heterocycles. The summed E-state index contributed by atoms with van der Waals surface area (Å²) in [6, 6.07) is 1.95. The molecular weight excluding hydrogens is 214 g/mol. The smallest absolute Gasteiger partial charge is 0.339 e. The predicted molar refractivity (Wildman–Crippen MR) is 55.6 cm³/mol. The number of aliphatic hydroxyl groups is 1. The lowest BCUT2D eigenvalue weighted by molar-refractivity contribution is 0.0693. The third-order valence-corrected chi connectivity index (χ3v) is 2.13. The van der Waals surface area contributed by atoms with Gasteiger partial charge in [0.25, 0.3) is 0 Å². The van der Waals surface area contributed by atoms with Crippen molar-refractivity contribution in [1.29, 1.82) is 0 Å². The zero-order chi connectivity index (χ0) is 12.3. The highest BCUT2D eigenvalue weighted by atomic mass is 16.4. The van der Waals surface area contributed by atoms with Crippen LogP contribution in [-0.4, -0.2) is 40.0 Å². The number of rotatable bonds is 4. The lowest BCUT2D eigenvalue weighted by atomic mass is 10.0. The van der Waals surface area contributed by atoms with Gasteiger partial charge in [-0.05, 0) is 13.1 Å². The normalized spacial score (nSPS) is 12.4. The van der Waals surface area contributed by atoms with Gasteiger partial charge in [-0.2, -0.15) is 0 Å². The first-order chi connectivity index (χ1) is 7.47. The number of hydrogen-bond acceptors (Lipinski definition) is 5. The fourth-order valence-electron chi connectivity index (χ4n) is 1.34. The molecule has 16 heavy (non-hydrogen) atoms. The number of carboxylic acids is 1. The second-order valence-electron chi connectivity index (χ2n) is 3.31. The van der Waals surface area contributed by atoms with Crippen molar-refractivity contribution in [3.05, 3.63) is 23.3 Å². The lowest BCUT2D eigenvalue weighted by Crippen LogP contribution is -2.17. The molecule has 88 valence electrons. The maximum absolute atomic E-state index is 10.7. The first-order valence-corrected chi connectivity index (χ1v) is 4.59. The van der Waals surface area contributed by atoms with Crippen LogP contribution in [0.1, 0.15) is 22.0 Å². The molecule has 0 bridgehead atoms. The van der Waals surface area contributed by atoms with E-state index in [1.807, 2.05) is 0 Å². The Hall–Kier alpha value is -1.79. The van der Waals surface area contributed by atoms with Gasteiger partial charge in [0.05, 0.1) is 6.10 Å². The van der Waals surface area contributed by atoms with E-state index in [4.69, 9.17) is 5.11 Å². The van der Waals surface area contributed by atoms with Crippen LogP contribution in [-0.2, 0) is 0 Å². The minimum atomic E-state index is -1.32. The standard InChI is InChI=1S/C10H13NO5/c1-11-4-9(14)5-2-6(10(15)16)8(13)3-7(5)12/h2-3,9,11-14H,4H2,1H3,(H,15,16). The number of carbonyl (C=O) groups is 1. The van der Waals surface area contributed by atoms with Crippen LogP contribution in [0, 0.1) is 0 Å². The zero-order valence-corrected chi connectivity index (χ0v) is 8.64. The van der Waals surface area contributed by atoms with E-state index in [2.05, 4.69) is 5.32 Å². The van der Waals surface area contributed by atoms with Gasteiger partial charge in [0.15, 0.2) is 0 Å². The Kier molecular flexibility index (Phi) is 3.70. The summed E-state index contributed by atoms with van der Waals surface area (Å²) < 4.78 is 0. The van der Waals surface area contributed by atoms with Crippen molar-refractivity contribution in [1.82, 2.24) is 5.32 Å². The Morgan fingerprint density at radius 1 is 1.38 bits per heavy atom. The number of aliphatic hydroxyl groups excluding tert-OH is 1. The number of carboxylic acid groups (broad SMARTS) is 1. The third kappa shape index (κ3) is 2.41. The van der Waals surface area contributed by atoms with Crippen molar-refractivity contribution < 1.29 is 25.2 Å². The van der Waals surface area contributed by atoms with Gasteiger partial charge in [-0.15, -0.1) is 0 Å². The van der Waals surface area contributed by atoms with Crippen molar-refractivity contribution in [2.24, 2.45) is 0 Å². The highest BCUT2D eigenvalue weighted by Gasteiger charge is 2.18. The molecule has 0 saturated carbocycles. The second kappa shape index (κ2) is 4.82. The number of likely N-dealkylation sites (N-methyl/N-ethyl adjacent to an activating group) is 1. The van der Waals surface area contributed by atoms with Gasteiger partial charge in [-0.1, -0.05) is 0 Å². The molecule has 6 heteroatoms. The predicted octanol–water partition coefficient (Wildman–Crippen LogP) is 0.0488. The number of benzene rings is 1. The number of phenolic OH excluding ortho intramolecular Hbond substituents is 1. The molecule has 6 nitrogen and oxygen atoms in total. The van der Waals surface area contributed by atoms with E-state index in [1.165, 1.54) is 0 Å². The van der Waals surface area contributed by atoms with Crippen molar-refractivity contribution >= 4 is 5.97 Å². The van der Waals surface area contributed by atoms with Crippen molar-refractivity contribution in [2.45, 2.75) is 6.10 Å². The summed E-state index contributed by atoms with van der Waals surface area (Å²) >= 11 is 0. The van der Waals surface area contributed by atoms with Crippen LogP contribution in [0.2, 0.25) is 0 Å². The van der Waals surface area contributed by atoms with E-state index in [1.54, 1.807) is 7.05 Å². The van der Waals surface area contributed by atoms with Crippen molar-refractivity contribution in [2.75, 3.05) is 13.6 Å². The van der Waals surface area contributed by atoms with Gasteiger partial charge in [0.2, 0.25) is 0 Å². The second-order valence-corrected chi connectivity index (χ2v) is 3.31. The maximum Gasteiger partial charge on any atom is 0.339 e. The molecule has 0 aromatic heterocycles. The quantitative estimate of drug-likeness (QED) is 0.497. The number of nitrogens with one attached hydrogen (secondary N) is 1. The van der Waals surface area contributed by atoms with Crippen molar-refractivity contribution in [3.8, 4) is 11.5 Å². The highest BCUT2D eigenvalue weighted by molar-refractivity contribution is 5.91. The maximum atomic E-state index is 10.7. The topological polar surface area (TPSA) is 110 Å². The molecule has 0 saturated heterocycles. The molecule has 1 aromatic carbocycles. The molecule has 1 unspecified atom stereocenters. The van der Waals surface area contributed by atoms with Gasteiger partial charge >= 0.3 is 5.97 Å². The van der Waals surface area contributed by atoms with Crippen LogP contribution in [0.4, 0.5) is 0 Å². The summed E-state index contributed by atoms with van der Waals surface area (Å²) in [5, 5.41) is 39.8. The van der Waals surface area contributed by atoms with Crippen LogP contribution in [0.3, 0.4) is 0 Å². The fraction of sp³-hybridized carbons (Fsp3) is 0.300. The van der Waals surface area contributed by atoms with Crippen LogP contribution in [0.5, 0.6) is 11.5 Å². The summed E-state index contributed by atoms with van der Waals surface area (Å²) in [5.74, 6) is -2.20. The van der Waals surface area contributed by atoms with Gasteiger partial charge in [0, 0.05) is 18.2 Å². The monoisotopic (exact) mass is 227 g/mol. The van der Waals surface area contributed by atoms with E-state index < -0.39 is 17.8 Å². The Balaban J connectivity index is 3.19. The average Bonchev–Trinajstić information content (AvgIpc) is 2.17. The molecule has 1 rings (SSSR count). The average molecular weight is 227 g/mol. The highest BCUT2D eigenvalue weighted by Crippen LogP contribution is 2.31. The van der Waals surface area contributed by atoms with Crippen LogP contribution in [0.15, 0.2) is 12.1 Å². The van der Waals surface area contributed by atoms with E-state index in [0.29, 0.717) is 0 Å². The number of hydrogen-bond donors (Lipinski definition) is 5. The molecule has 1 atom stereocenters. The summed E-state index contributed by atoms with van der Waals surface area (Å²) in [5.41, 5.74) is -0.299. The number of aromatic carboxylic acids is 1. The summed E-state index contributed by atoms with van der Waals surface area (Å²) in [6.45, 7) is 0.164. The first-order valence-electron chi connectivity index (χ1n) is 4.59. The van der Waals surface area contributed by atoms with Gasteiger partial charge in [0.1, 0.15) is 17.1 Å². The minimum Gasteiger partial charge on any atom is -0.507 e. The van der Waals surface area contributed by atoms with Gasteiger partial charge in [-0.3, -0.25) is 0 Å². The van der Waals surface area contributed by atoms with E-state index in [9.17, 15) is 20.1 Å².